The number of halogens is 2. The van der Waals surface area contributed by atoms with Gasteiger partial charge in [0.1, 0.15) is 5.75 Å². The number of anilines is 1. The highest BCUT2D eigenvalue weighted by Crippen LogP contribution is 2.33. The van der Waals surface area contributed by atoms with Crippen LogP contribution in [-0.2, 0) is 11.2 Å². The van der Waals surface area contributed by atoms with E-state index in [0.717, 1.165) is 0 Å². The molecule has 0 unspecified atom stereocenters. The zero-order chi connectivity index (χ0) is 17.8. The number of H-pyrrole nitrogens is 1. The molecule has 25 heavy (non-hydrogen) atoms. The van der Waals surface area contributed by atoms with Crippen LogP contribution >= 0.6 is 23.2 Å². The number of benzene rings is 1. The molecule has 3 rings (SSSR count). The second-order valence-corrected chi connectivity index (χ2v) is 5.97. The van der Waals surface area contributed by atoms with Crippen LogP contribution in [0.15, 0.2) is 42.7 Å². The molecule has 0 aliphatic carbocycles. The highest BCUT2D eigenvalue weighted by Gasteiger charge is 2.13. The van der Waals surface area contributed by atoms with Crippen LogP contribution in [0.5, 0.6) is 5.75 Å². The lowest BCUT2D eigenvalue weighted by atomic mass is 10.1. The predicted molar refractivity (Wildman–Crippen MR) is 97.2 cm³/mol. The molecule has 3 aromatic rings. The minimum absolute atomic E-state index is 0.122. The molecule has 0 spiro atoms. The van der Waals surface area contributed by atoms with Crippen molar-refractivity contribution >= 4 is 34.9 Å². The summed E-state index contributed by atoms with van der Waals surface area (Å²) in [5.74, 6) is 0.763. The van der Waals surface area contributed by atoms with Gasteiger partial charge in [0, 0.05) is 29.6 Å². The average Bonchev–Trinajstić information content (AvgIpc) is 3.06. The molecule has 2 N–H and O–H groups in total. The Morgan fingerprint density at radius 1 is 1.32 bits per heavy atom. The molecule has 6 nitrogen and oxygen atoms in total. The van der Waals surface area contributed by atoms with E-state index < -0.39 is 0 Å². The fourth-order valence-corrected chi connectivity index (χ4v) is 2.74. The number of pyridine rings is 1. The van der Waals surface area contributed by atoms with E-state index in [1.165, 1.54) is 0 Å². The molecular weight excluding hydrogens is 363 g/mol. The Hall–Kier alpha value is -2.57. The Labute approximate surface area is 154 Å². The number of methoxy groups -OCH3 is 1. The molecule has 0 radical (unpaired) electrons. The number of carbonyl (C=O) groups is 1. The Bertz CT molecular complexity index is 911. The van der Waals surface area contributed by atoms with Crippen molar-refractivity contribution in [3.63, 3.8) is 0 Å². The van der Waals surface area contributed by atoms with E-state index in [1.54, 1.807) is 43.8 Å². The highest BCUT2D eigenvalue weighted by molar-refractivity contribution is 6.43. The van der Waals surface area contributed by atoms with Crippen molar-refractivity contribution in [1.82, 2.24) is 15.2 Å². The summed E-state index contributed by atoms with van der Waals surface area (Å²) in [7, 11) is 1.55. The molecule has 0 bridgehead atoms. The standard InChI is InChI=1S/C17H14Cl2N4O2/c1-25-14-5-6-20-9-10(14)7-16(24)21-15-8-13(22-23-15)11-3-2-4-12(18)17(11)19/h2-6,8-9H,7H2,1H3,(H2,21,22,23,24). The quantitative estimate of drug-likeness (QED) is 0.705. The van der Waals surface area contributed by atoms with Crippen LogP contribution in [0, 0.1) is 0 Å². The van der Waals surface area contributed by atoms with E-state index in [1.807, 2.05) is 6.07 Å². The molecule has 0 saturated heterocycles. The Morgan fingerprint density at radius 2 is 2.16 bits per heavy atom. The predicted octanol–water partition coefficient (Wildman–Crippen LogP) is 3.97. The van der Waals surface area contributed by atoms with E-state index in [4.69, 9.17) is 27.9 Å². The first-order chi connectivity index (χ1) is 12.1. The summed E-state index contributed by atoms with van der Waals surface area (Å²) in [5.41, 5.74) is 2.05. The molecule has 0 aliphatic heterocycles. The van der Waals surface area contributed by atoms with Gasteiger partial charge in [-0.3, -0.25) is 14.9 Å². The van der Waals surface area contributed by atoms with E-state index in [0.29, 0.717) is 38.4 Å². The van der Waals surface area contributed by atoms with Gasteiger partial charge in [0.05, 0.1) is 29.3 Å². The average molecular weight is 377 g/mol. The number of rotatable bonds is 5. The maximum atomic E-state index is 12.2. The smallest absolute Gasteiger partial charge is 0.230 e. The molecule has 8 heteroatoms. The largest absolute Gasteiger partial charge is 0.496 e. The van der Waals surface area contributed by atoms with Crippen LogP contribution in [-0.4, -0.2) is 28.2 Å². The van der Waals surface area contributed by atoms with E-state index >= 15 is 0 Å². The van der Waals surface area contributed by atoms with Crippen LogP contribution in [0.25, 0.3) is 11.3 Å². The lowest BCUT2D eigenvalue weighted by Crippen LogP contribution is -2.15. The van der Waals surface area contributed by atoms with Gasteiger partial charge in [-0.25, -0.2) is 0 Å². The summed E-state index contributed by atoms with van der Waals surface area (Å²) in [5, 5.41) is 10.5. The summed E-state index contributed by atoms with van der Waals surface area (Å²) in [6.07, 6.45) is 3.33. The van der Waals surface area contributed by atoms with Crippen molar-refractivity contribution in [3.8, 4) is 17.0 Å². The van der Waals surface area contributed by atoms with Crippen molar-refractivity contribution in [2.45, 2.75) is 6.42 Å². The van der Waals surface area contributed by atoms with Gasteiger partial charge < -0.3 is 10.1 Å². The van der Waals surface area contributed by atoms with Crippen molar-refractivity contribution in [1.29, 1.82) is 0 Å². The first kappa shape index (κ1) is 17.3. The fourth-order valence-electron chi connectivity index (χ4n) is 2.34. The number of amides is 1. The number of nitrogens with zero attached hydrogens (tertiary/aromatic N) is 2. The molecule has 2 aromatic heterocycles. The molecule has 1 aromatic carbocycles. The van der Waals surface area contributed by atoms with Crippen molar-refractivity contribution in [2.75, 3.05) is 12.4 Å². The molecular formula is C17H14Cl2N4O2. The number of aromatic amines is 1. The second kappa shape index (κ2) is 7.55. The number of ether oxygens (including phenoxy) is 1. The minimum Gasteiger partial charge on any atom is -0.496 e. The Kier molecular flexibility index (Phi) is 5.21. The van der Waals surface area contributed by atoms with Gasteiger partial charge in [-0.1, -0.05) is 35.3 Å². The number of aromatic nitrogens is 3. The third-order valence-electron chi connectivity index (χ3n) is 3.52. The van der Waals surface area contributed by atoms with Gasteiger partial charge in [-0.05, 0) is 12.1 Å². The maximum Gasteiger partial charge on any atom is 0.230 e. The third-order valence-corrected chi connectivity index (χ3v) is 4.34. The van der Waals surface area contributed by atoms with Gasteiger partial charge in [-0.2, -0.15) is 5.10 Å². The normalized spacial score (nSPS) is 10.5. The molecule has 0 saturated carbocycles. The van der Waals surface area contributed by atoms with Gasteiger partial charge in [0.15, 0.2) is 5.82 Å². The van der Waals surface area contributed by atoms with Crippen LogP contribution in [0.2, 0.25) is 10.0 Å². The Morgan fingerprint density at radius 3 is 2.96 bits per heavy atom. The number of hydrogen-bond donors (Lipinski definition) is 2. The number of nitrogens with one attached hydrogen (secondary N) is 2. The lowest BCUT2D eigenvalue weighted by Gasteiger charge is -2.06. The SMILES string of the molecule is COc1ccncc1CC(=O)Nc1cc(-c2cccc(Cl)c2Cl)[nH]n1. The van der Waals surface area contributed by atoms with E-state index in [-0.39, 0.29) is 12.3 Å². The summed E-state index contributed by atoms with van der Waals surface area (Å²) in [4.78, 5) is 16.2. The molecule has 2 heterocycles. The number of carbonyl (C=O) groups excluding carboxylic acids is 1. The number of hydrogen-bond acceptors (Lipinski definition) is 4. The first-order valence-electron chi connectivity index (χ1n) is 7.35. The molecule has 0 aliphatic rings. The summed E-state index contributed by atoms with van der Waals surface area (Å²) in [6.45, 7) is 0. The second-order valence-electron chi connectivity index (χ2n) is 5.18. The van der Waals surface area contributed by atoms with Crippen LogP contribution < -0.4 is 10.1 Å². The van der Waals surface area contributed by atoms with E-state index in [9.17, 15) is 4.79 Å². The van der Waals surface area contributed by atoms with Crippen molar-refractivity contribution < 1.29 is 9.53 Å². The van der Waals surface area contributed by atoms with Crippen molar-refractivity contribution in [2.24, 2.45) is 0 Å². The van der Waals surface area contributed by atoms with Gasteiger partial charge >= 0.3 is 0 Å². The van der Waals surface area contributed by atoms with Crippen molar-refractivity contribution in [3.05, 3.63) is 58.3 Å². The molecule has 0 atom stereocenters. The van der Waals surface area contributed by atoms with Crippen LogP contribution in [0.3, 0.4) is 0 Å². The topological polar surface area (TPSA) is 79.9 Å². The zero-order valence-corrected chi connectivity index (χ0v) is 14.7. The molecule has 128 valence electrons. The minimum atomic E-state index is -0.235. The first-order valence-corrected chi connectivity index (χ1v) is 8.10. The van der Waals surface area contributed by atoms with Gasteiger partial charge in [0.25, 0.3) is 0 Å². The van der Waals surface area contributed by atoms with Crippen LogP contribution in [0.4, 0.5) is 5.82 Å². The lowest BCUT2D eigenvalue weighted by molar-refractivity contribution is -0.115. The van der Waals surface area contributed by atoms with E-state index in [2.05, 4.69) is 20.5 Å². The monoisotopic (exact) mass is 376 g/mol. The van der Waals surface area contributed by atoms with Crippen LogP contribution in [0.1, 0.15) is 5.56 Å². The summed E-state index contributed by atoms with van der Waals surface area (Å²) in [6, 6.07) is 8.70. The van der Waals surface area contributed by atoms with Gasteiger partial charge in [0.2, 0.25) is 5.91 Å². The summed E-state index contributed by atoms with van der Waals surface area (Å²) >= 11 is 12.2. The molecule has 1 amide bonds. The Balaban J connectivity index is 1.73. The fraction of sp³-hybridized carbons (Fsp3) is 0.118. The maximum absolute atomic E-state index is 12.2. The van der Waals surface area contributed by atoms with Gasteiger partial charge in [-0.15, -0.1) is 0 Å². The summed E-state index contributed by atoms with van der Waals surface area (Å²) < 4.78 is 5.21. The third kappa shape index (κ3) is 3.92. The molecule has 0 fully saturated rings. The zero-order valence-electron chi connectivity index (χ0n) is 13.2. The highest BCUT2D eigenvalue weighted by atomic mass is 35.5.